The highest BCUT2D eigenvalue weighted by Crippen LogP contribution is 2.22. The number of hydrogen-bond donors (Lipinski definition) is 1. The van der Waals surface area contributed by atoms with Crippen molar-refractivity contribution in [3.8, 4) is 10.7 Å². The van der Waals surface area contributed by atoms with Crippen LogP contribution in [0.5, 0.6) is 0 Å². The zero-order valence-electron chi connectivity index (χ0n) is 7.80. The molecular formula is C8H7N3O3S. The molecule has 7 heteroatoms. The highest BCUT2D eigenvalue weighted by molar-refractivity contribution is 7.14. The Hall–Kier alpha value is -1.76. The van der Waals surface area contributed by atoms with Crippen molar-refractivity contribution in [3.05, 3.63) is 17.1 Å². The molecule has 0 fully saturated rings. The van der Waals surface area contributed by atoms with Gasteiger partial charge >= 0.3 is 5.97 Å². The fraction of sp³-hybridized carbons (Fsp3) is 0.250. The summed E-state index contributed by atoms with van der Waals surface area (Å²) in [6.45, 7) is 1.87. The molecule has 2 aromatic heterocycles. The van der Waals surface area contributed by atoms with Gasteiger partial charge in [-0.25, -0.2) is 4.98 Å². The summed E-state index contributed by atoms with van der Waals surface area (Å²) in [5.74, 6) is -0.508. The first kappa shape index (κ1) is 9.78. The number of aryl methyl sites for hydroxylation is 1. The molecule has 0 aliphatic heterocycles. The van der Waals surface area contributed by atoms with Crippen LogP contribution in [-0.2, 0) is 11.2 Å². The molecular weight excluding hydrogens is 218 g/mol. The van der Waals surface area contributed by atoms with E-state index >= 15 is 0 Å². The van der Waals surface area contributed by atoms with Crippen molar-refractivity contribution >= 4 is 17.3 Å². The van der Waals surface area contributed by atoms with E-state index in [-0.39, 0.29) is 12.3 Å². The lowest BCUT2D eigenvalue weighted by atomic mass is 10.4. The number of rotatable bonds is 3. The number of carboxylic acids is 1. The molecule has 6 nitrogen and oxygen atoms in total. The number of carboxylic acid groups (broad SMARTS) is 1. The summed E-state index contributed by atoms with van der Waals surface area (Å²) in [7, 11) is 0. The summed E-state index contributed by atoms with van der Waals surface area (Å²) >= 11 is 1.43. The maximum atomic E-state index is 10.4. The van der Waals surface area contributed by atoms with E-state index in [0.717, 1.165) is 9.88 Å². The first-order valence-electron chi connectivity index (χ1n) is 4.12. The largest absolute Gasteiger partial charge is 0.481 e. The van der Waals surface area contributed by atoms with Crippen LogP contribution >= 0.6 is 11.3 Å². The predicted molar refractivity (Wildman–Crippen MR) is 51.5 cm³/mol. The average molecular weight is 225 g/mol. The second kappa shape index (κ2) is 3.77. The summed E-state index contributed by atoms with van der Waals surface area (Å²) in [6, 6.07) is 0. The quantitative estimate of drug-likeness (QED) is 0.842. The van der Waals surface area contributed by atoms with Gasteiger partial charge < -0.3 is 9.63 Å². The van der Waals surface area contributed by atoms with Crippen LogP contribution in [-0.4, -0.2) is 26.2 Å². The van der Waals surface area contributed by atoms with E-state index in [9.17, 15) is 4.79 Å². The van der Waals surface area contributed by atoms with Crippen LogP contribution in [0.15, 0.2) is 10.7 Å². The number of carbonyl (C=O) groups is 1. The number of thiazole rings is 1. The topological polar surface area (TPSA) is 89.1 Å². The lowest BCUT2D eigenvalue weighted by molar-refractivity contribution is -0.136. The van der Waals surface area contributed by atoms with Crippen molar-refractivity contribution in [1.82, 2.24) is 15.1 Å². The Labute approximate surface area is 88.6 Å². The van der Waals surface area contributed by atoms with Crippen molar-refractivity contribution in [3.63, 3.8) is 0 Å². The molecule has 0 saturated heterocycles. The Morgan fingerprint density at radius 3 is 3.07 bits per heavy atom. The fourth-order valence-corrected chi connectivity index (χ4v) is 1.72. The van der Waals surface area contributed by atoms with E-state index in [1.54, 1.807) is 6.20 Å². The Kier molecular flexibility index (Phi) is 2.46. The molecule has 0 bridgehead atoms. The first-order valence-corrected chi connectivity index (χ1v) is 4.94. The van der Waals surface area contributed by atoms with Crippen molar-refractivity contribution in [1.29, 1.82) is 0 Å². The van der Waals surface area contributed by atoms with Crippen molar-refractivity contribution < 1.29 is 14.4 Å². The van der Waals surface area contributed by atoms with Crippen LogP contribution in [0, 0.1) is 6.92 Å². The average Bonchev–Trinajstić information content (AvgIpc) is 2.72. The Morgan fingerprint density at radius 2 is 2.47 bits per heavy atom. The maximum absolute atomic E-state index is 10.4. The van der Waals surface area contributed by atoms with Crippen LogP contribution in [0.25, 0.3) is 10.7 Å². The van der Waals surface area contributed by atoms with Crippen LogP contribution in [0.4, 0.5) is 0 Å². The molecule has 0 aliphatic rings. The van der Waals surface area contributed by atoms with Gasteiger partial charge in [0.25, 0.3) is 0 Å². The maximum Gasteiger partial charge on any atom is 0.312 e. The zero-order chi connectivity index (χ0) is 10.8. The van der Waals surface area contributed by atoms with Crippen molar-refractivity contribution in [2.45, 2.75) is 13.3 Å². The van der Waals surface area contributed by atoms with E-state index in [1.165, 1.54) is 11.3 Å². The fourth-order valence-electron chi connectivity index (χ4n) is 1.02. The minimum absolute atomic E-state index is 0.101. The van der Waals surface area contributed by atoms with Crippen LogP contribution in [0.2, 0.25) is 0 Å². The van der Waals surface area contributed by atoms with Gasteiger partial charge in [-0.2, -0.15) is 4.98 Å². The summed E-state index contributed by atoms with van der Waals surface area (Å²) in [5, 5.41) is 13.1. The minimum Gasteiger partial charge on any atom is -0.481 e. The lowest BCUT2D eigenvalue weighted by Crippen LogP contribution is -1.99. The lowest BCUT2D eigenvalue weighted by Gasteiger charge is -1.83. The van der Waals surface area contributed by atoms with Crippen LogP contribution in [0.1, 0.15) is 10.9 Å². The van der Waals surface area contributed by atoms with E-state index in [0.29, 0.717) is 5.82 Å². The molecule has 0 radical (unpaired) electrons. The second-order valence-electron chi connectivity index (χ2n) is 2.83. The van der Waals surface area contributed by atoms with Crippen molar-refractivity contribution in [2.75, 3.05) is 0 Å². The van der Waals surface area contributed by atoms with Gasteiger partial charge in [0.15, 0.2) is 0 Å². The van der Waals surface area contributed by atoms with E-state index < -0.39 is 5.97 Å². The minimum atomic E-state index is -0.995. The monoisotopic (exact) mass is 225 g/mol. The zero-order valence-corrected chi connectivity index (χ0v) is 8.61. The SMILES string of the molecule is Cc1ncc(-c2noc(CC(=O)O)n2)s1. The third kappa shape index (κ3) is 2.18. The molecule has 78 valence electrons. The Morgan fingerprint density at radius 1 is 1.67 bits per heavy atom. The standard InChI is InChI=1S/C8H7N3O3S/c1-4-9-3-5(15-4)8-10-6(14-11-8)2-7(12)13/h3H,2H2,1H3,(H,12,13). The van der Waals surface area contributed by atoms with Crippen molar-refractivity contribution in [2.24, 2.45) is 0 Å². The normalized spacial score (nSPS) is 10.5. The molecule has 2 heterocycles. The van der Waals surface area contributed by atoms with Gasteiger partial charge in [-0.05, 0) is 6.92 Å². The smallest absolute Gasteiger partial charge is 0.312 e. The number of aromatic nitrogens is 3. The molecule has 2 aromatic rings. The summed E-state index contributed by atoms with van der Waals surface area (Å²) in [6.07, 6.45) is 1.38. The van der Waals surface area contributed by atoms with Gasteiger partial charge in [0.1, 0.15) is 6.42 Å². The van der Waals surface area contributed by atoms with Gasteiger partial charge in [0.2, 0.25) is 11.7 Å². The van der Waals surface area contributed by atoms with Gasteiger partial charge in [0, 0.05) is 6.20 Å². The van der Waals surface area contributed by atoms with Gasteiger partial charge in [0.05, 0.1) is 9.88 Å². The van der Waals surface area contributed by atoms with Crippen LogP contribution in [0.3, 0.4) is 0 Å². The van der Waals surface area contributed by atoms with Gasteiger partial charge in [-0.1, -0.05) is 5.16 Å². The number of nitrogens with zero attached hydrogens (tertiary/aromatic N) is 3. The molecule has 0 saturated carbocycles. The molecule has 1 N–H and O–H groups in total. The highest BCUT2D eigenvalue weighted by atomic mass is 32.1. The molecule has 0 aliphatic carbocycles. The highest BCUT2D eigenvalue weighted by Gasteiger charge is 2.12. The van der Waals surface area contributed by atoms with E-state index in [1.807, 2.05) is 6.92 Å². The number of hydrogen-bond acceptors (Lipinski definition) is 6. The van der Waals surface area contributed by atoms with Crippen LogP contribution < -0.4 is 0 Å². The molecule has 15 heavy (non-hydrogen) atoms. The molecule has 2 rings (SSSR count). The summed E-state index contributed by atoms with van der Waals surface area (Å²) in [4.78, 5) is 19.1. The summed E-state index contributed by atoms with van der Waals surface area (Å²) < 4.78 is 4.78. The Balaban J connectivity index is 2.23. The predicted octanol–water partition coefficient (Wildman–Crippen LogP) is 1.13. The molecule has 0 unspecified atom stereocenters. The first-order chi connectivity index (χ1) is 7.15. The van der Waals surface area contributed by atoms with E-state index in [4.69, 9.17) is 9.63 Å². The second-order valence-corrected chi connectivity index (χ2v) is 4.06. The van der Waals surface area contributed by atoms with Gasteiger partial charge in [-0.15, -0.1) is 11.3 Å². The Bertz CT molecular complexity index is 491. The summed E-state index contributed by atoms with van der Waals surface area (Å²) in [5.41, 5.74) is 0. The third-order valence-corrected chi connectivity index (χ3v) is 2.52. The molecule has 0 spiro atoms. The van der Waals surface area contributed by atoms with Gasteiger partial charge in [-0.3, -0.25) is 4.79 Å². The number of aliphatic carboxylic acids is 1. The third-order valence-electron chi connectivity index (χ3n) is 1.61. The molecule has 0 aromatic carbocycles. The molecule has 0 atom stereocenters. The molecule has 0 amide bonds. The van der Waals surface area contributed by atoms with E-state index in [2.05, 4.69) is 15.1 Å².